The average Bonchev–Trinajstić information content (AvgIpc) is 2.87. The minimum absolute atomic E-state index is 0.249. The molecule has 0 spiro atoms. The molecule has 7 heteroatoms. The summed E-state index contributed by atoms with van der Waals surface area (Å²) in [5, 5.41) is 0.775. The first-order valence-electron chi connectivity index (χ1n) is 7.27. The molecule has 1 aliphatic rings. The van der Waals surface area contributed by atoms with Crippen LogP contribution in [0.4, 0.5) is 5.95 Å². The second-order valence-electron chi connectivity index (χ2n) is 5.72. The van der Waals surface area contributed by atoms with E-state index in [2.05, 4.69) is 26.8 Å². The van der Waals surface area contributed by atoms with Crippen LogP contribution in [-0.2, 0) is 0 Å². The van der Waals surface area contributed by atoms with Gasteiger partial charge in [0, 0.05) is 31.6 Å². The summed E-state index contributed by atoms with van der Waals surface area (Å²) in [5.74, 6) is 0.593. The van der Waals surface area contributed by atoms with Gasteiger partial charge in [-0.05, 0) is 13.1 Å². The normalized spacial score (nSPS) is 16.7. The summed E-state index contributed by atoms with van der Waals surface area (Å²) in [5.41, 5.74) is 1.81. The van der Waals surface area contributed by atoms with Crippen LogP contribution in [0, 0.1) is 0 Å². The van der Waals surface area contributed by atoms with Gasteiger partial charge in [0.05, 0.1) is 0 Å². The lowest BCUT2D eigenvalue weighted by atomic mass is 9.95. The monoisotopic (exact) mass is 294 g/mol. The highest BCUT2D eigenvalue weighted by Crippen LogP contribution is 2.25. The Morgan fingerprint density at radius 2 is 2.05 bits per heavy atom. The number of piperazine rings is 1. The summed E-state index contributed by atoms with van der Waals surface area (Å²) in [7, 11) is 7.92. The predicted octanol–water partition coefficient (Wildman–Crippen LogP) is 0.215. The molecule has 3 aromatic rings. The van der Waals surface area contributed by atoms with Crippen molar-refractivity contribution < 1.29 is 4.42 Å². The molecule has 1 N–H and O–H groups in total. The Balaban J connectivity index is 1.89. The second kappa shape index (κ2) is 4.88. The van der Waals surface area contributed by atoms with Gasteiger partial charge in [0.2, 0.25) is 11.5 Å². The van der Waals surface area contributed by atoms with Crippen molar-refractivity contribution in [2.45, 2.75) is 0 Å². The summed E-state index contributed by atoms with van der Waals surface area (Å²) < 4.78 is 5.61. The van der Waals surface area contributed by atoms with Gasteiger partial charge in [-0.1, -0.05) is 17.6 Å². The molecular formula is C15H15BN4O2. The zero-order valence-electron chi connectivity index (χ0n) is 12.3. The fourth-order valence-electron chi connectivity index (χ4n) is 2.83. The van der Waals surface area contributed by atoms with Crippen molar-refractivity contribution in [3.8, 4) is 0 Å². The van der Waals surface area contributed by atoms with Crippen molar-refractivity contribution in [1.29, 1.82) is 0 Å². The maximum atomic E-state index is 12.3. The molecule has 3 heterocycles. The SMILES string of the molecule is [B]c1ccc2oc3c(=O)[nH]c(N4CCN(C)CC4)nc3c2c1. The van der Waals surface area contributed by atoms with Gasteiger partial charge in [0.15, 0.2) is 0 Å². The number of rotatable bonds is 1. The Bertz CT molecular complexity index is 909. The third-order valence-electron chi connectivity index (χ3n) is 4.14. The number of nitrogens with one attached hydrogen (secondary N) is 1. The number of furan rings is 1. The van der Waals surface area contributed by atoms with Crippen LogP contribution in [0.15, 0.2) is 27.4 Å². The predicted molar refractivity (Wildman–Crippen MR) is 87.2 cm³/mol. The third-order valence-corrected chi connectivity index (χ3v) is 4.14. The van der Waals surface area contributed by atoms with E-state index in [9.17, 15) is 4.79 Å². The van der Waals surface area contributed by atoms with E-state index in [1.54, 1.807) is 18.2 Å². The molecule has 0 amide bonds. The first kappa shape index (κ1) is 13.4. The van der Waals surface area contributed by atoms with Crippen LogP contribution in [0.1, 0.15) is 0 Å². The number of aromatic amines is 1. The zero-order chi connectivity index (χ0) is 15.3. The van der Waals surface area contributed by atoms with Gasteiger partial charge >= 0.3 is 0 Å². The van der Waals surface area contributed by atoms with E-state index < -0.39 is 0 Å². The van der Waals surface area contributed by atoms with Gasteiger partial charge in [-0.3, -0.25) is 9.78 Å². The number of H-pyrrole nitrogens is 1. The summed E-state index contributed by atoms with van der Waals surface area (Å²) in [6.45, 7) is 3.56. The number of aromatic nitrogens is 2. The number of nitrogens with zero attached hydrogens (tertiary/aromatic N) is 3. The lowest BCUT2D eigenvalue weighted by Crippen LogP contribution is -2.45. The standard InChI is InChI=1S/C15H15BN4O2/c1-19-4-6-20(7-5-19)15-17-12-10-8-9(16)2-3-11(10)22-13(12)14(21)18-15/h2-3,8H,4-7H2,1H3,(H,17,18,21). The Labute approximate surface area is 128 Å². The molecule has 0 saturated carbocycles. The zero-order valence-corrected chi connectivity index (χ0v) is 12.3. The first-order valence-corrected chi connectivity index (χ1v) is 7.27. The molecule has 1 fully saturated rings. The molecule has 1 saturated heterocycles. The summed E-state index contributed by atoms with van der Waals surface area (Å²) in [6.07, 6.45) is 0. The number of hydrogen-bond donors (Lipinski definition) is 1. The smallest absolute Gasteiger partial charge is 0.296 e. The quantitative estimate of drug-likeness (QED) is 0.650. The van der Waals surface area contributed by atoms with E-state index in [0.717, 1.165) is 31.6 Å². The summed E-state index contributed by atoms with van der Waals surface area (Å²) in [6, 6.07) is 5.31. The molecule has 2 radical (unpaired) electrons. The van der Waals surface area contributed by atoms with Gasteiger partial charge in [-0.2, -0.15) is 0 Å². The number of anilines is 1. The molecule has 6 nitrogen and oxygen atoms in total. The van der Waals surface area contributed by atoms with Crippen LogP contribution >= 0.6 is 0 Å². The fraction of sp³-hybridized carbons (Fsp3) is 0.333. The van der Waals surface area contributed by atoms with Crippen LogP contribution in [0.5, 0.6) is 0 Å². The molecule has 1 aliphatic heterocycles. The van der Waals surface area contributed by atoms with Crippen LogP contribution < -0.4 is 15.9 Å². The number of fused-ring (bicyclic) bond motifs is 3. The van der Waals surface area contributed by atoms with Gasteiger partial charge in [0.25, 0.3) is 5.56 Å². The Morgan fingerprint density at radius 3 is 2.82 bits per heavy atom. The molecule has 0 atom stereocenters. The average molecular weight is 294 g/mol. The highest BCUT2D eigenvalue weighted by molar-refractivity contribution is 6.33. The number of likely N-dealkylation sites (N-methyl/N-ethyl adjacent to an activating group) is 1. The lowest BCUT2D eigenvalue weighted by molar-refractivity contribution is 0.311. The molecule has 2 aromatic heterocycles. The lowest BCUT2D eigenvalue weighted by Gasteiger charge is -2.32. The maximum Gasteiger partial charge on any atom is 0.296 e. The van der Waals surface area contributed by atoms with Gasteiger partial charge < -0.3 is 14.2 Å². The van der Waals surface area contributed by atoms with Crippen molar-refractivity contribution in [3.63, 3.8) is 0 Å². The van der Waals surface area contributed by atoms with Crippen LogP contribution in [-0.4, -0.2) is 55.9 Å². The highest BCUT2D eigenvalue weighted by Gasteiger charge is 2.19. The summed E-state index contributed by atoms with van der Waals surface area (Å²) in [4.78, 5) is 24.1. The minimum Gasteiger partial charge on any atom is -0.449 e. The highest BCUT2D eigenvalue weighted by atomic mass is 16.3. The van der Waals surface area contributed by atoms with Crippen molar-refractivity contribution >= 4 is 41.3 Å². The van der Waals surface area contributed by atoms with E-state index in [0.29, 0.717) is 22.5 Å². The van der Waals surface area contributed by atoms with Crippen molar-refractivity contribution in [2.75, 3.05) is 38.1 Å². The van der Waals surface area contributed by atoms with Gasteiger partial charge in [-0.15, -0.1) is 0 Å². The molecule has 22 heavy (non-hydrogen) atoms. The Morgan fingerprint density at radius 1 is 1.27 bits per heavy atom. The number of hydrogen-bond acceptors (Lipinski definition) is 5. The fourth-order valence-corrected chi connectivity index (χ4v) is 2.83. The molecule has 0 unspecified atom stereocenters. The molecule has 110 valence electrons. The van der Waals surface area contributed by atoms with Crippen molar-refractivity contribution in [2.24, 2.45) is 0 Å². The Hall–Kier alpha value is -2.28. The minimum atomic E-state index is -0.256. The van der Waals surface area contributed by atoms with Gasteiger partial charge in [-0.25, -0.2) is 4.98 Å². The van der Waals surface area contributed by atoms with E-state index in [4.69, 9.17) is 12.3 Å². The van der Waals surface area contributed by atoms with Crippen molar-refractivity contribution in [1.82, 2.24) is 14.9 Å². The topological polar surface area (TPSA) is 65.4 Å². The van der Waals surface area contributed by atoms with Crippen LogP contribution in [0.3, 0.4) is 0 Å². The molecular weight excluding hydrogens is 279 g/mol. The molecule has 4 rings (SSSR count). The van der Waals surface area contributed by atoms with E-state index in [1.807, 2.05) is 0 Å². The van der Waals surface area contributed by atoms with E-state index >= 15 is 0 Å². The first-order chi connectivity index (χ1) is 10.6. The summed E-state index contributed by atoms with van der Waals surface area (Å²) >= 11 is 0. The largest absolute Gasteiger partial charge is 0.449 e. The second-order valence-corrected chi connectivity index (χ2v) is 5.72. The van der Waals surface area contributed by atoms with Crippen LogP contribution in [0.2, 0.25) is 0 Å². The van der Waals surface area contributed by atoms with Crippen LogP contribution in [0.25, 0.3) is 22.1 Å². The molecule has 1 aromatic carbocycles. The Kier molecular flexibility index (Phi) is 2.97. The van der Waals surface area contributed by atoms with E-state index in [-0.39, 0.29) is 11.1 Å². The van der Waals surface area contributed by atoms with Gasteiger partial charge in [0.1, 0.15) is 18.9 Å². The number of benzene rings is 1. The van der Waals surface area contributed by atoms with Crippen molar-refractivity contribution in [3.05, 3.63) is 28.6 Å². The maximum absolute atomic E-state index is 12.3. The molecule has 0 aliphatic carbocycles. The van der Waals surface area contributed by atoms with E-state index in [1.165, 1.54) is 0 Å². The third kappa shape index (κ3) is 2.09. The molecule has 0 bridgehead atoms.